The fourth-order valence-corrected chi connectivity index (χ4v) is 3.60. The van der Waals surface area contributed by atoms with Crippen molar-refractivity contribution in [3.63, 3.8) is 0 Å². The summed E-state index contributed by atoms with van der Waals surface area (Å²) in [6.45, 7) is 10.3. The van der Waals surface area contributed by atoms with Crippen LogP contribution in [0.4, 0.5) is 0 Å². The molecule has 1 fully saturated rings. The van der Waals surface area contributed by atoms with Crippen molar-refractivity contribution < 1.29 is 14.3 Å². The van der Waals surface area contributed by atoms with E-state index in [1.807, 2.05) is 0 Å². The van der Waals surface area contributed by atoms with E-state index in [4.69, 9.17) is 10.5 Å². The number of hydrogen-bond donors (Lipinski definition) is 2. The number of ether oxygens (including phenoxy) is 1. The predicted molar refractivity (Wildman–Crippen MR) is 96.3 cm³/mol. The van der Waals surface area contributed by atoms with Crippen LogP contribution in [-0.4, -0.2) is 31.6 Å². The molecule has 1 amide bonds. The third-order valence-corrected chi connectivity index (χ3v) is 5.14. The van der Waals surface area contributed by atoms with E-state index in [9.17, 15) is 9.59 Å². The third kappa shape index (κ3) is 7.20. The lowest BCUT2D eigenvalue weighted by molar-refractivity contribution is -0.144. The zero-order chi connectivity index (χ0) is 18.2. The molecule has 24 heavy (non-hydrogen) atoms. The molecule has 0 bridgehead atoms. The molecule has 3 atom stereocenters. The van der Waals surface area contributed by atoms with Crippen LogP contribution in [0.5, 0.6) is 0 Å². The largest absolute Gasteiger partial charge is 0.466 e. The number of rotatable bonds is 11. The van der Waals surface area contributed by atoms with Crippen LogP contribution in [0.25, 0.3) is 0 Å². The monoisotopic (exact) mass is 340 g/mol. The minimum atomic E-state index is -0.163. The molecule has 0 spiro atoms. The summed E-state index contributed by atoms with van der Waals surface area (Å²) in [4.78, 5) is 23.5. The van der Waals surface area contributed by atoms with Gasteiger partial charge in [-0.25, -0.2) is 0 Å². The van der Waals surface area contributed by atoms with Gasteiger partial charge in [0.2, 0.25) is 5.91 Å². The van der Waals surface area contributed by atoms with E-state index in [1.54, 1.807) is 6.92 Å². The van der Waals surface area contributed by atoms with E-state index < -0.39 is 0 Å². The summed E-state index contributed by atoms with van der Waals surface area (Å²) in [6, 6.07) is 0. The first kappa shape index (κ1) is 20.9. The predicted octanol–water partition coefficient (Wildman–Crippen LogP) is 2.87. The van der Waals surface area contributed by atoms with Crippen molar-refractivity contribution in [3.8, 4) is 0 Å². The molecule has 0 heterocycles. The molecule has 140 valence electrons. The number of hydrogen-bond acceptors (Lipinski definition) is 4. The average molecular weight is 341 g/mol. The molecule has 0 aromatic carbocycles. The normalized spacial score (nSPS) is 21.7. The first-order chi connectivity index (χ1) is 11.3. The first-order valence-electron chi connectivity index (χ1n) is 9.42. The molecule has 5 nitrogen and oxygen atoms in total. The average Bonchev–Trinajstić information content (AvgIpc) is 2.47. The quantitative estimate of drug-likeness (QED) is 0.567. The van der Waals surface area contributed by atoms with Gasteiger partial charge in [0.15, 0.2) is 0 Å². The minimum Gasteiger partial charge on any atom is -0.466 e. The Morgan fingerprint density at radius 1 is 1.33 bits per heavy atom. The smallest absolute Gasteiger partial charge is 0.305 e. The van der Waals surface area contributed by atoms with Crippen LogP contribution in [0.15, 0.2) is 0 Å². The van der Waals surface area contributed by atoms with Gasteiger partial charge in [-0.3, -0.25) is 9.59 Å². The topological polar surface area (TPSA) is 81.4 Å². The highest BCUT2D eigenvalue weighted by Gasteiger charge is 2.36. The van der Waals surface area contributed by atoms with Gasteiger partial charge >= 0.3 is 5.97 Å². The molecule has 0 saturated heterocycles. The number of carbonyl (C=O) groups excluding carboxylic acids is 2. The molecule has 1 saturated carbocycles. The maximum absolute atomic E-state index is 12.3. The number of nitrogens with two attached hydrogens (primary N) is 1. The minimum absolute atomic E-state index is 0.0922. The van der Waals surface area contributed by atoms with Crippen molar-refractivity contribution in [1.82, 2.24) is 5.32 Å². The van der Waals surface area contributed by atoms with Crippen LogP contribution in [0.2, 0.25) is 0 Å². The van der Waals surface area contributed by atoms with E-state index in [1.165, 1.54) is 0 Å². The number of esters is 1. The Hall–Kier alpha value is -1.10. The van der Waals surface area contributed by atoms with Gasteiger partial charge < -0.3 is 15.8 Å². The van der Waals surface area contributed by atoms with E-state index in [-0.39, 0.29) is 23.2 Å². The lowest BCUT2D eigenvalue weighted by atomic mass is 9.71. The summed E-state index contributed by atoms with van der Waals surface area (Å²) in [5.74, 6) is 0.897. The summed E-state index contributed by atoms with van der Waals surface area (Å²) in [7, 11) is 0. The zero-order valence-corrected chi connectivity index (χ0v) is 15.9. The van der Waals surface area contributed by atoms with Gasteiger partial charge in [0.05, 0.1) is 6.61 Å². The molecule has 2 unspecified atom stereocenters. The molecule has 0 aromatic rings. The summed E-state index contributed by atoms with van der Waals surface area (Å²) in [5, 5.41) is 3.11. The highest BCUT2D eigenvalue weighted by Crippen LogP contribution is 2.37. The van der Waals surface area contributed by atoms with Gasteiger partial charge in [0, 0.05) is 18.9 Å². The van der Waals surface area contributed by atoms with Gasteiger partial charge in [-0.15, -0.1) is 0 Å². The van der Waals surface area contributed by atoms with Crippen molar-refractivity contribution in [2.24, 2.45) is 28.9 Å². The lowest BCUT2D eigenvalue weighted by Gasteiger charge is -2.36. The summed E-state index contributed by atoms with van der Waals surface area (Å²) in [5.41, 5.74) is 5.88. The standard InChI is InChI=1S/C19H36N2O3/c1-5-17(22)24-11-8-15-6-7-16(15)18(23)21-13-14(2)12-19(3,4)9-10-20/h14-16H,5-13,20H2,1-4H3,(H,21,23)/t14?,15-,16?/m0/s1. The van der Waals surface area contributed by atoms with Gasteiger partial charge in [-0.2, -0.15) is 0 Å². The second-order valence-corrected chi connectivity index (χ2v) is 8.06. The second-order valence-electron chi connectivity index (χ2n) is 8.06. The third-order valence-electron chi connectivity index (χ3n) is 5.14. The number of carbonyl (C=O) groups is 2. The summed E-state index contributed by atoms with van der Waals surface area (Å²) >= 11 is 0. The van der Waals surface area contributed by atoms with Crippen molar-refractivity contribution >= 4 is 11.9 Å². The van der Waals surface area contributed by atoms with Crippen LogP contribution >= 0.6 is 0 Å². The maximum Gasteiger partial charge on any atom is 0.305 e. The van der Waals surface area contributed by atoms with Crippen LogP contribution in [0.3, 0.4) is 0 Å². The zero-order valence-electron chi connectivity index (χ0n) is 15.9. The Labute approximate surface area is 147 Å². The van der Waals surface area contributed by atoms with Crippen molar-refractivity contribution in [1.29, 1.82) is 0 Å². The molecule has 1 aliphatic carbocycles. The van der Waals surface area contributed by atoms with Crippen molar-refractivity contribution in [2.75, 3.05) is 19.7 Å². The van der Waals surface area contributed by atoms with E-state index in [0.29, 0.717) is 31.4 Å². The van der Waals surface area contributed by atoms with Crippen molar-refractivity contribution in [2.45, 2.75) is 66.2 Å². The van der Waals surface area contributed by atoms with Crippen molar-refractivity contribution in [3.05, 3.63) is 0 Å². The van der Waals surface area contributed by atoms with Crippen LogP contribution in [0, 0.1) is 23.2 Å². The number of nitrogens with one attached hydrogen (secondary N) is 1. The Kier molecular flexibility index (Phi) is 8.74. The highest BCUT2D eigenvalue weighted by molar-refractivity contribution is 5.79. The Bertz CT molecular complexity index is 409. The molecule has 1 aliphatic rings. The molecule has 0 aromatic heterocycles. The lowest BCUT2D eigenvalue weighted by Crippen LogP contribution is -2.42. The summed E-state index contributed by atoms with van der Waals surface area (Å²) < 4.78 is 5.12. The highest BCUT2D eigenvalue weighted by atomic mass is 16.5. The Morgan fingerprint density at radius 2 is 2.04 bits per heavy atom. The van der Waals surface area contributed by atoms with E-state index in [2.05, 4.69) is 26.1 Å². The van der Waals surface area contributed by atoms with Crippen LogP contribution in [0.1, 0.15) is 66.2 Å². The molecule has 3 N–H and O–H groups in total. The molecular weight excluding hydrogens is 304 g/mol. The number of amides is 1. The summed E-state index contributed by atoms with van der Waals surface area (Å²) in [6.07, 6.45) is 5.28. The first-order valence-corrected chi connectivity index (χ1v) is 9.42. The van der Waals surface area contributed by atoms with E-state index >= 15 is 0 Å². The fraction of sp³-hybridized carbons (Fsp3) is 0.895. The Morgan fingerprint density at radius 3 is 2.58 bits per heavy atom. The molecule has 1 rings (SSSR count). The van der Waals surface area contributed by atoms with Crippen LogP contribution < -0.4 is 11.1 Å². The molecule has 5 heteroatoms. The SMILES string of the molecule is CCC(=O)OCC[C@@H]1CCC1C(=O)NCC(C)CC(C)(C)CCN. The second kappa shape index (κ2) is 10.0. The van der Waals surface area contributed by atoms with Crippen LogP contribution in [-0.2, 0) is 14.3 Å². The fourth-order valence-electron chi connectivity index (χ4n) is 3.60. The van der Waals surface area contributed by atoms with Gasteiger partial charge in [-0.1, -0.05) is 27.7 Å². The molecule has 0 aliphatic heterocycles. The van der Waals surface area contributed by atoms with Gasteiger partial charge in [-0.05, 0) is 55.9 Å². The molecular formula is C19H36N2O3. The molecule has 0 radical (unpaired) electrons. The van der Waals surface area contributed by atoms with Gasteiger partial charge in [0.25, 0.3) is 0 Å². The maximum atomic E-state index is 12.3. The van der Waals surface area contributed by atoms with E-state index in [0.717, 1.165) is 38.6 Å². The van der Waals surface area contributed by atoms with Gasteiger partial charge in [0.1, 0.15) is 0 Å². The Balaban J connectivity index is 2.26.